The van der Waals surface area contributed by atoms with Crippen molar-refractivity contribution in [2.24, 2.45) is 11.8 Å². The lowest BCUT2D eigenvalue weighted by Gasteiger charge is -2.36. The normalized spacial score (nSPS) is 25.3. The molecule has 2 atom stereocenters. The zero-order chi connectivity index (χ0) is 17.2. The Hall–Kier alpha value is -2.17. The van der Waals surface area contributed by atoms with Gasteiger partial charge in [-0.1, -0.05) is 36.8 Å². The Morgan fingerprint density at radius 2 is 1.83 bits per heavy atom. The number of ether oxygens (including phenoxy) is 2. The van der Waals surface area contributed by atoms with E-state index in [0.29, 0.717) is 18.4 Å². The van der Waals surface area contributed by atoms with Crippen LogP contribution in [0, 0.1) is 11.8 Å². The van der Waals surface area contributed by atoms with Crippen molar-refractivity contribution in [1.29, 1.82) is 0 Å². The van der Waals surface area contributed by atoms with Crippen LogP contribution < -0.4 is 0 Å². The first-order valence-corrected chi connectivity index (χ1v) is 8.58. The first-order valence-electron chi connectivity index (χ1n) is 8.58. The van der Waals surface area contributed by atoms with E-state index in [9.17, 15) is 14.4 Å². The molecule has 1 aromatic rings. The fourth-order valence-electron chi connectivity index (χ4n) is 3.95. The average molecular weight is 330 g/mol. The summed E-state index contributed by atoms with van der Waals surface area (Å²) < 4.78 is 10.9. The van der Waals surface area contributed by atoms with Crippen LogP contribution in [0.1, 0.15) is 49.4 Å². The van der Waals surface area contributed by atoms with Crippen LogP contribution >= 0.6 is 0 Å². The van der Waals surface area contributed by atoms with E-state index in [2.05, 4.69) is 0 Å². The molecule has 1 saturated heterocycles. The molecule has 3 rings (SSSR count). The van der Waals surface area contributed by atoms with Gasteiger partial charge < -0.3 is 9.47 Å². The Morgan fingerprint density at radius 3 is 2.46 bits per heavy atom. The minimum atomic E-state index is -1.11. The Balaban J connectivity index is 1.98. The van der Waals surface area contributed by atoms with Crippen molar-refractivity contribution < 1.29 is 23.9 Å². The summed E-state index contributed by atoms with van der Waals surface area (Å²) in [5.74, 6) is -3.41. The first-order chi connectivity index (χ1) is 11.6. The summed E-state index contributed by atoms with van der Waals surface area (Å²) in [4.78, 5) is 38.0. The first kappa shape index (κ1) is 16.7. The van der Waals surface area contributed by atoms with Crippen LogP contribution in [-0.4, -0.2) is 29.9 Å². The lowest BCUT2D eigenvalue weighted by Crippen LogP contribution is -2.45. The van der Waals surface area contributed by atoms with E-state index in [1.807, 2.05) is 0 Å². The number of carbonyl (C=O) groups excluding carboxylic acids is 3. The van der Waals surface area contributed by atoms with Gasteiger partial charge in [0, 0.05) is 5.56 Å². The molecule has 2 fully saturated rings. The van der Waals surface area contributed by atoms with Gasteiger partial charge in [0.2, 0.25) is 0 Å². The number of hydrogen-bond acceptors (Lipinski definition) is 5. The van der Waals surface area contributed by atoms with Gasteiger partial charge in [-0.3, -0.25) is 14.4 Å². The molecule has 1 aliphatic carbocycles. The van der Waals surface area contributed by atoms with Crippen LogP contribution in [0.25, 0.3) is 0 Å². The van der Waals surface area contributed by atoms with Crippen molar-refractivity contribution in [2.45, 2.75) is 44.6 Å². The molecule has 2 aliphatic rings. The standard InChI is InChI=1S/C19H22O5/c1-2-23-18(22)15-14(16(20)13-9-5-3-6-10-13)17(21)24-19(15)11-7-4-8-12-19/h3,5-6,9-10,14-15H,2,4,7-8,11-12H2,1H3/t14-,15-/m1/s1. The van der Waals surface area contributed by atoms with Crippen LogP contribution in [0.15, 0.2) is 30.3 Å². The van der Waals surface area contributed by atoms with Gasteiger partial charge in [-0.05, 0) is 32.6 Å². The van der Waals surface area contributed by atoms with E-state index < -0.39 is 29.4 Å². The fraction of sp³-hybridized carbons (Fsp3) is 0.526. The molecule has 128 valence electrons. The van der Waals surface area contributed by atoms with Gasteiger partial charge in [-0.25, -0.2) is 0 Å². The Morgan fingerprint density at radius 1 is 1.17 bits per heavy atom. The highest BCUT2D eigenvalue weighted by molar-refractivity contribution is 6.12. The van der Waals surface area contributed by atoms with Crippen LogP contribution in [0.2, 0.25) is 0 Å². The van der Waals surface area contributed by atoms with Gasteiger partial charge in [0.1, 0.15) is 17.4 Å². The van der Waals surface area contributed by atoms with Crippen LogP contribution in [-0.2, 0) is 19.1 Å². The van der Waals surface area contributed by atoms with Gasteiger partial charge in [0.05, 0.1) is 6.61 Å². The van der Waals surface area contributed by atoms with Gasteiger partial charge in [0.25, 0.3) is 0 Å². The smallest absolute Gasteiger partial charge is 0.318 e. The number of Topliss-reactive ketones (excluding diaryl/α,β-unsaturated/α-hetero) is 1. The van der Waals surface area contributed by atoms with E-state index in [0.717, 1.165) is 19.3 Å². The summed E-state index contributed by atoms with van der Waals surface area (Å²) >= 11 is 0. The number of ketones is 1. The van der Waals surface area contributed by atoms with E-state index in [-0.39, 0.29) is 12.4 Å². The van der Waals surface area contributed by atoms with Crippen molar-refractivity contribution in [3.63, 3.8) is 0 Å². The molecule has 24 heavy (non-hydrogen) atoms. The second-order valence-electron chi connectivity index (χ2n) is 6.48. The zero-order valence-electron chi connectivity index (χ0n) is 13.8. The third-order valence-corrected chi connectivity index (χ3v) is 5.04. The molecular weight excluding hydrogens is 308 g/mol. The van der Waals surface area contributed by atoms with Crippen LogP contribution in [0.4, 0.5) is 0 Å². The predicted molar refractivity (Wildman–Crippen MR) is 86.3 cm³/mol. The fourth-order valence-corrected chi connectivity index (χ4v) is 3.95. The summed E-state index contributed by atoms with van der Waals surface area (Å²) in [6.45, 7) is 1.93. The number of benzene rings is 1. The maximum absolute atomic E-state index is 12.9. The molecule has 1 aromatic carbocycles. The third-order valence-electron chi connectivity index (χ3n) is 5.04. The lowest BCUT2D eigenvalue weighted by atomic mass is 9.71. The average Bonchev–Trinajstić information content (AvgIpc) is 2.87. The topological polar surface area (TPSA) is 69.7 Å². The van der Waals surface area contributed by atoms with Gasteiger partial charge in [0.15, 0.2) is 5.78 Å². The van der Waals surface area contributed by atoms with Crippen LogP contribution in [0.3, 0.4) is 0 Å². The quantitative estimate of drug-likeness (QED) is 0.482. The van der Waals surface area contributed by atoms with Crippen molar-refractivity contribution in [3.05, 3.63) is 35.9 Å². The Bertz CT molecular complexity index is 630. The molecule has 1 heterocycles. The maximum Gasteiger partial charge on any atom is 0.318 e. The molecule has 0 unspecified atom stereocenters. The summed E-state index contributed by atoms with van der Waals surface area (Å²) in [7, 11) is 0. The van der Waals surface area contributed by atoms with E-state index in [1.54, 1.807) is 37.3 Å². The molecule has 0 aromatic heterocycles. The Labute approximate surface area is 141 Å². The monoisotopic (exact) mass is 330 g/mol. The predicted octanol–water partition coefficient (Wildman–Crippen LogP) is 2.92. The minimum absolute atomic E-state index is 0.214. The summed E-state index contributed by atoms with van der Waals surface area (Å²) in [6, 6.07) is 8.59. The van der Waals surface area contributed by atoms with Crippen molar-refractivity contribution in [3.8, 4) is 0 Å². The SMILES string of the molecule is CCOC(=O)[C@H]1[C@H](C(=O)c2ccccc2)C(=O)OC12CCCCC2. The third kappa shape index (κ3) is 2.83. The van der Waals surface area contributed by atoms with E-state index in [1.165, 1.54) is 0 Å². The molecule has 0 radical (unpaired) electrons. The minimum Gasteiger partial charge on any atom is -0.466 e. The van der Waals surface area contributed by atoms with E-state index >= 15 is 0 Å². The Kier molecular flexibility index (Phi) is 4.69. The summed E-state index contributed by atoms with van der Waals surface area (Å²) in [5, 5.41) is 0. The summed E-state index contributed by atoms with van der Waals surface area (Å²) in [6.07, 6.45) is 4.04. The molecule has 1 saturated carbocycles. The molecule has 5 heteroatoms. The van der Waals surface area contributed by atoms with E-state index in [4.69, 9.17) is 9.47 Å². The van der Waals surface area contributed by atoms with Crippen molar-refractivity contribution in [2.75, 3.05) is 6.61 Å². The van der Waals surface area contributed by atoms with Gasteiger partial charge >= 0.3 is 11.9 Å². The highest BCUT2D eigenvalue weighted by Gasteiger charge is 2.61. The number of hydrogen-bond donors (Lipinski definition) is 0. The molecule has 0 N–H and O–H groups in total. The molecule has 5 nitrogen and oxygen atoms in total. The summed E-state index contributed by atoms with van der Waals surface area (Å²) in [5.41, 5.74) is -0.460. The second-order valence-corrected chi connectivity index (χ2v) is 6.48. The second kappa shape index (κ2) is 6.75. The molecular formula is C19H22O5. The molecule has 0 bridgehead atoms. The lowest BCUT2D eigenvalue weighted by molar-refractivity contribution is -0.161. The maximum atomic E-state index is 12.9. The van der Waals surface area contributed by atoms with Gasteiger partial charge in [-0.15, -0.1) is 0 Å². The largest absolute Gasteiger partial charge is 0.466 e. The van der Waals surface area contributed by atoms with Crippen LogP contribution in [0.5, 0.6) is 0 Å². The van der Waals surface area contributed by atoms with Crippen molar-refractivity contribution in [1.82, 2.24) is 0 Å². The number of rotatable bonds is 4. The highest BCUT2D eigenvalue weighted by atomic mass is 16.6. The molecule has 1 aliphatic heterocycles. The zero-order valence-corrected chi connectivity index (χ0v) is 13.8. The highest BCUT2D eigenvalue weighted by Crippen LogP contribution is 2.48. The number of esters is 2. The number of carbonyl (C=O) groups is 3. The van der Waals surface area contributed by atoms with Crippen molar-refractivity contribution >= 4 is 17.7 Å². The molecule has 0 amide bonds. The molecule has 1 spiro atoms. The van der Waals surface area contributed by atoms with Gasteiger partial charge in [-0.2, -0.15) is 0 Å².